The summed E-state index contributed by atoms with van der Waals surface area (Å²) in [5.41, 5.74) is 2.36. The lowest BCUT2D eigenvalue weighted by Crippen LogP contribution is -2.23. The summed E-state index contributed by atoms with van der Waals surface area (Å²) in [5, 5.41) is 28.9. The molecule has 5 N–H and O–H groups in total. The van der Waals surface area contributed by atoms with Gasteiger partial charge in [0.25, 0.3) is 0 Å². The fourth-order valence-corrected chi connectivity index (χ4v) is 3.16. The Hall–Kier alpha value is -3.37. The highest BCUT2D eigenvalue weighted by Crippen LogP contribution is 2.34. The summed E-state index contributed by atoms with van der Waals surface area (Å²) < 4.78 is 31.7. The number of halogens is 1. The SMILES string of the molecule is CCOc1cc(O[C@@H]2CCOC2)c(F)c(C(Nc2ccc(C(=N)NO)cc2)C(=O)O)c1. The third-order valence-corrected chi connectivity index (χ3v) is 4.69. The summed E-state index contributed by atoms with van der Waals surface area (Å²) in [7, 11) is 0. The third-order valence-electron chi connectivity index (χ3n) is 4.69. The van der Waals surface area contributed by atoms with Crippen LogP contribution in [0.15, 0.2) is 36.4 Å². The van der Waals surface area contributed by atoms with Crippen LogP contribution in [0.1, 0.15) is 30.5 Å². The van der Waals surface area contributed by atoms with Crippen molar-refractivity contribution in [3.05, 3.63) is 53.3 Å². The average molecular weight is 433 g/mol. The van der Waals surface area contributed by atoms with E-state index in [4.69, 9.17) is 24.8 Å². The normalized spacial score (nSPS) is 16.4. The zero-order valence-corrected chi connectivity index (χ0v) is 16.9. The van der Waals surface area contributed by atoms with E-state index in [-0.39, 0.29) is 23.3 Å². The van der Waals surface area contributed by atoms with Crippen molar-refractivity contribution in [2.24, 2.45) is 0 Å². The topological polar surface area (TPSA) is 133 Å². The molecule has 10 heteroatoms. The number of ether oxygens (including phenoxy) is 3. The molecule has 1 saturated heterocycles. The monoisotopic (exact) mass is 433 g/mol. The van der Waals surface area contributed by atoms with Gasteiger partial charge in [-0.2, -0.15) is 0 Å². The number of amidine groups is 1. The maximum absolute atomic E-state index is 15.3. The first kappa shape index (κ1) is 22.3. The molecule has 3 rings (SSSR count). The van der Waals surface area contributed by atoms with Crippen LogP contribution in [0.5, 0.6) is 11.5 Å². The lowest BCUT2D eigenvalue weighted by molar-refractivity contribution is -0.138. The zero-order valence-electron chi connectivity index (χ0n) is 16.9. The van der Waals surface area contributed by atoms with Crippen molar-refractivity contribution in [3.63, 3.8) is 0 Å². The Kier molecular flexibility index (Phi) is 7.27. The molecule has 0 aromatic heterocycles. The van der Waals surface area contributed by atoms with E-state index in [2.05, 4.69) is 5.32 Å². The molecule has 1 heterocycles. The van der Waals surface area contributed by atoms with Gasteiger partial charge >= 0.3 is 5.97 Å². The van der Waals surface area contributed by atoms with Gasteiger partial charge in [0.05, 0.1) is 19.8 Å². The number of anilines is 1. The minimum Gasteiger partial charge on any atom is -0.494 e. The highest BCUT2D eigenvalue weighted by molar-refractivity contribution is 5.95. The van der Waals surface area contributed by atoms with Crippen LogP contribution in [0.25, 0.3) is 0 Å². The number of carbonyl (C=O) groups is 1. The van der Waals surface area contributed by atoms with E-state index in [1.54, 1.807) is 12.4 Å². The molecule has 0 bridgehead atoms. The van der Waals surface area contributed by atoms with Crippen molar-refractivity contribution in [1.29, 1.82) is 5.41 Å². The number of nitrogens with one attached hydrogen (secondary N) is 3. The van der Waals surface area contributed by atoms with Gasteiger partial charge < -0.3 is 24.6 Å². The molecule has 0 spiro atoms. The number of hydrogen-bond donors (Lipinski definition) is 5. The second-order valence-electron chi connectivity index (χ2n) is 6.84. The molecule has 1 unspecified atom stereocenters. The summed E-state index contributed by atoms with van der Waals surface area (Å²) >= 11 is 0. The Morgan fingerprint density at radius 2 is 2.10 bits per heavy atom. The van der Waals surface area contributed by atoms with E-state index in [0.29, 0.717) is 43.2 Å². The molecule has 31 heavy (non-hydrogen) atoms. The van der Waals surface area contributed by atoms with Crippen molar-refractivity contribution in [1.82, 2.24) is 5.48 Å². The van der Waals surface area contributed by atoms with Gasteiger partial charge in [0.1, 0.15) is 17.7 Å². The molecular weight excluding hydrogens is 409 g/mol. The Labute approximate surface area is 178 Å². The molecule has 0 amide bonds. The second kappa shape index (κ2) is 10.1. The van der Waals surface area contributed by atoms with E-state index in [9.17, 15) is 9.90 Å². The smallest absolute Gasteiger partial charge is 0.330 e. The van der Waals surface area contributed by atoms with Gasteiger partial charge in [0.2, 0.25) is 0 Å². The molecule has 2 aromatic carbocycles. The molecular formula is C21H24FN3O6. The number of hydroxylamine groups is 1. The molecule has 2 aromatic rings. The maximum atomic E-state index is 15.3. The first-order valence-electron chi connectivity index (χ1n) is 9.72. The number of rotatable bonds is 9. The van der Waals surface area contributed by atoms with E-state index in [0.717, 1.165) is 0 Å². The second-order valence-corrected chi connectivity index (χ2v) is 6.84. The average Bonchev–Trinajstić information content (AvgIpc) is 3.27. The Balaban J connectivity index is 1.92. The summed E-state index contributed by atoms with van der Waals surface area (Å²) in [4.78, 5) is 12.0. The molecule has 2 atom stereocenters. The van der Waals surface area contributed by atoms with Crippen molar-refractivity contribution < 1.29 is 33.7 Å². The molecule has 0 aliphatic carbocycles. The maximum Gasteiger partial charge on any atom is 0.330 e. The molecule has 9 nitrogen and oxygen atoms in total. The fraction of sp³-hybridized carbons (Fsp3) is 0.333. The van der Waals surface area contributed by atoms with Crippen LogP contribution in [0, 0.1) is 11.2 Å². The number of benzene rings is 2. The standard InChI is InChI=1S/C21H24FN3O6/c1-2-30-15-9-16(18(22)17(10-15)31-14-7-8-29-11-14)19(21(26)27)24-13-5-3-12(4-6-13)20(23)25-28/h3-6,9-10,14,19,24,28H,2,7-8,11H2,1H3,(H2,23,25)(H,26,27)/t14-,19?/m1/s1. The van der Waals surface area contributed by atoms with Gasteiger partial charge in [0.15, 0.2) is 17.6 Å². The van der Waals surface area contributed by atoms with E-state index < -0.39 is 17.8 Å². The lowest BCUT2D eigenvalue weighted by Gasteiger charge is -2.21. The van der Waals surface area contributed by atoms with Crippen LogP contribution in [0.2, 0.25) is 0 Å². The summed E-state index contributed by atoms with van der Waals surface area (Å²) in [5.74, 6) is -2.11. The Morgan fingerprint density at radius 3 is 2.68 bits per heavy atom. The van der Waals surface area contributed by atoms with Gasteiger partial charge in [-0.25, -0.2) is 9.18 Å². The van der Waals surface area contributed by atoms with Crippen LogP contribution in [0.4, 0.5) is 10.1 Å². The molecule has 1 fully saturated rings. The third kappa shape index (κ3) is 5.41. The summed E-state index contributed by atoms with van der Waals surface area (Å²) in [6.07, 6.45) is 0.289. The summed E-state index contributed by atoms with van der Waals surface area (Å²) in [6.45, 7) is 2.93. The van der Waals surface area contributed by atoms with E-state index >= 15 is 4.39 Å². The predicted octanol–water partition coefficient (Wildman–Crippen LogP) is 2.93. The lowest BCUT2D eigenvalue weighted by atomic mass is 10.0. The molecule has 1 aliphatic rings. The number of carboxylic acid groups (broad SMARTS) is 1. The van der Waals surface area contributed by atoms with Crippen LogP contribution in [0.3, 0.4) is 0 Å². The minimum atomic E-state index is -1.43. The largest absolute Gasteiger partial charge is 0.494 e. The predicted molar refractivity (Wildman–Crippen MR) is 110 cm³/mol. The number of carboxylic acids is 1. The number of aliphatic carboxylic acids is 1. The van der Waals surface area contributed by atoms with E-state index in [1.807, 2.05) is 0 Å². The zero-order chi connectivity index (χ0) is 22.4. The molecule has 0 saturated carbocycles. The van der Waals surface area contributed by atoms with Crippen LogP contribution < -0.4 is 20.3 Å². The Morgan fingerprint density at radius 1 is 1.35 bits per heavy atom. The van der Waals surface area contributed by atoms with Crippen LogP contribution in [-0.4, -0.2) is 48.0 Å². The molecule has 1 aliphatic heterocycles. The van der Waals surface area contributed by atoms with Crippen LogP contribution in [-0.2, 0) is 9.53 Å². The van der Waals surface area contributed by atoms with Crippen molar-refractivity contribution in [3.8, 4) is 11.5 Å². The van der Waals surface area contributed by atoms with Gasteiger partial charge in [-0.05, 0) is 37.3 Å². The fourth-order valence-electron chi connectivity index (χ4n) is 3.16. The summed E-state index contributed by atoms with van der Waals surface area (Å²) in [6, 6.07) is 7.38. The number of hydrogen-bond acceptors (Lipinski definition) is 7. The van der Waals surface area contributed by atoms with E-state index in [1.165, 1.54) is 36.4 Å². The van der Waals surface area contributed by atoms with Crippen molar-refractivity contribution >= 4 is 17.5 Å². The van der Waals surface area contributed by atoms with Crippen molar-refractivity contribution in [2.45, 2.75) is 25.5 Å². The highest BCUT2D eigenvalue weighted by atomic mass is 19.1. The quantitative estimate of drug-likeness (QED) is 0.232. The van der Waals surface area contributed by atoms with Gasteiger partial charge in [-0.3, -0.25) is 16.1 Å². The van der Waals surface area contributed by atoms with Crippen LogP contribution >= 0.6 is 0 Å². The first-order chi connectivity index (χ1) is 14.9. The highest BCUT2D eigenvalue weighted by Gasteiger charge is 2.28. The molecule has 166 valence electrons. The van der Waals surface area contributed by atoms with Gasteiger partial charge in [-0.15, -0.1) is 0 Å². The van der Waals surface area contributed by atoms with Gasteiger partial charge in [0, 0.05) is 29.3 Å². The first-order valence-corrected chi connectivity index (χ1v) is 9.72. The van der Waals surface area contributed by atoms with Gasteiger partial charge in [-0.1, -0.05) is 0 Å². The van der Waals surface area contributed by atoms with Crippen molar-refractivity contribution in [2.75, 3.05) is 25.1 Å². The Bertz CT molecular complexity index is 931. The molecule has 0 radical (unpaired) electrons. The minimum absolute atomic E-state index is 0.0951.